The molecule has 0 atom stereocenters. The van der Waals surface area contributed by atoms with Crippen molar-refractivity contribution >= 4 is 51.7 Å². The molecule has 2 aromatic carbocycles. The number of nitrogens with zero attached hydrogens (tertiary/aromatic N) is 1. The highest BCUT2D eigenvalue weighted by Gasteiger charge is 2.47. The van der Waals surface area contributed by atoms with Gasteiger partial charge in [0.1, 0.15) is 17.3 Å². The largest absolute Gasteiger partial charge is 0.543 e. The molecule has 0 aliphatic rings. The summed E-state index contributed by atoms with van der Waals surface area (Å²) in [5.41, 5.74) is 8.61. The minimum atomic E-state index is -2.06. The van der Waals surface area contributed by atoms with Crippen molar-refractivity contribution in [3.05, 3.63) is 34.8 Å². The van der Waals surface area contributed by atoms with Crippen LogP contribution in [-0.4, -0.2) is 20.4 Å². The smallest absolute Gasteiger partial charge is 0.258 e. The number of nitrogen functional groups attached to an aromatic ring is 1. The molecule has 0 amide bonds. The highest BCUT2D eigenvalue weighted by atomic mass is 79.9. The number of methoxy groups -OCH3 is 1. The molecule has 6 heteroatoms. The van der Waals surface area contributed by atoms with Gasteiger partial charge in [-0.05, 0) is 68.3 Å². The average molecular weight is 476 g/mol. The summed E-state index contributed by atoms with van der Waals surface area (Å²) in [6.07, 6.45) is 0. The lowest BCUT2D eigenvalue weighted by atomic mass is 10.1. The summed E-state index contributed by atoms with van der Waals surface area (Å²) in [6.45, 7) is 13.8. The molecule has 0 fully saturated rings. The topological polar surface area (TPSA) is 57.4 Å². The number of halogens is 1. The molecule has 2 N–H and O–H groups in total. The molecule has 0 aliphatic heterocycles. The third kappa shape index (κ3) is 3.73. The number of fused-ring (bicyclic) bond motifs is 3. The zero-order valence-electron chi connectivity index (χ0n) is 18.3. The number of anilines is 1. The molecule has 1 heterocycles. The maximum atomic E-state index is 6.92. The van der Waals surface area contributed by atoms with Crippen LogP contribution in [0, 0.1) is 0 Å². The first-order valence-electron chi connectivity index (χ1n) is 10.2. The van der Waals surface area contributed by atoms with E-state index in [9.17, 15) is 0 Å². The molecule has 156 valence electrons. The monoisotopic (exact) mass is 474 g/mol. The quantitative estimate of drug-likeness (QED) is 0.300. The lowest BCUT2D eigenvalue weighted by Gasteiger charge is -2.42. The predicted octanol–water partition coefficient (Wildman–Crippen LogP) is 7.30. The van der Waals surface area contributed by atoms with Crippen LogP contribution in [0.3, 0.4) is 0 Å². The van der Waals surface area contributed by atoms with Crippen LogP contribution >= 0.6 is 15.9 Å². The van der Waals surface area contributed by atoms with Gasteiger partial charge in [0.05, 0.1) is 12.6 Å². The Balaban J connectivity index is 2.25. The Bertz CT molecular complexity index is 1030. The molecule has 4 nitrogen and oxygen atoms in total. The third-order valence-corrected chi connectivity index (χ3v) is 12.7. The minimum Gasteiger partial charge on any atom is -0.543 e. The summed E-state index contributed by atoms with van der Waals surface area (Å²) in [6, 6.07) is 10.1. The Morgan fingerprint density at radius 1 is 0.862 bits per heavy atom. The van der Waals surface area contributed by atoms with Crippen LogP contribution in [-0.2, 0) is 0 Å². The Morgan fingerprint density at radius 3 is 2.00 bits per heavy atom. The number of pyridine rings is 1. The van der Waals surface area contributed by atoms with E-state index in [2.05, 4.69) is 68.5 Å². The van der Waals surface area contributed by atoms with E-state index in [1.807, 2.05) is 24.3 Å². The first-order chi connectivity index (χ1) is 13.6. The predicted molar refractivity (Wildman–Crippen MR) is 130 cm³/mol. The van der Waals surface area contributed by atoms with E-state index in [1.54, 1.807) is 7.11 Å². The number of ether oxygens (including phenoxy) is 1. The SMILES string of the molecule is COc1ccc2c(c1)c(N)nc1c(Br)cc(O[Si](C(C)C)(C(C)C)C(C)C)cc12. The van der Waals surface area contributed by atoms with Gasteiger partial charge in [-0.3, -0.25) is 0 Å². The maximum absolute atomic E-state index is 6.92. The number of nitrogens with two attached hydrogens (primary N) is 1. The molecule has 0 unspecified atom stereocenters. The Hall–Kier alpha value is -1.79. The van der Waals surface area contributed by atoms with E-state index in [0.717, 1.165) is 37.6 Å². The van der Waals surface area contributed by atoms with Gasteiger partial charge in [-0.2, -0.15) is 0 Å². The Labute approximate surface area is 183 Å². The first kappa shape index (κ1) is 21.9. The number of benzene rings is 2. The second kappa shape index (κ2) is 8.15. The summed E-state index contributed by atoms with van der Waals surface area (Å²) in [7, 11) is -0.403. The van der Waals surface area contributed by atoms with Crippen molar-refractivity contribution in [3.8, 4) is 11.5 Å². The van der Waals surface area contributed by atoms with Crippen LogP contribution < -0.4 is 14.9 Å². The number of hydrogen-bond acceptors (Lipinski definition) is 4. The molecule has 1 aromatic heterocycles. The van der Waals surface area contributed by atoms with Crippen molar-refractivity contribution < 1.29 is 9.16 Å². The second-order valence-electron chi connectivity index (χ2n) is 8.63. The normalized spacial score (nSPS) is 12.5. The van der Waals surface area contributed by atoms with Crippen LogP contribution in [0.15, 0.2) is 34.8 Å². The van der Waals surface area contributed by atoms with Gasteiger partial charge in [0, 0.05) is 15.2 Å². The highest BCUT2D eigenvalue weighted by molar-refractivity contribution is 9.10. The molecule has 0 saturated heterocycles. The fourth-order valence-corrected chi connectivity index (χ4v) is 10.5. The van der Waals surface area contributed by atoms with Gasteiger partial charge >= 0.3 is 0 Å². The summed E-state index contributed by atoms with van der Waals surface area (Å²) in [5.74, 6) is 2.16. The van der Waals surface area contributed by atoms with Crippen LogP contribution in [0.25, 0.3) is 21.7 Å². The Kier molecular flexibility index (Phi) is 6.15. The molecule has 0 aliphatic carbocycles. The lowest BCUT2D eigenvalue weighted by molar-refractivity contribution is 0.415. The molecule has 0 spiro atoms. The molecule has 29 heavy (non-hydrogen) atoms. The van der Waals surface area contributed by atoms with Crippen LogP contribution in [0.1, 0.15) is 41.5 Å². The summed E-state index contributed by atoms with van der Waals surface area (Å²) in [4.78, 5) is 4.65. The second-order valence-corrected chi connectivity index (χ2v) is 14.9. The zero-order chi connectivity index (χ0) is 21.5. The third-order valence-electron chi connectivity index (χ3n) is 6.06. The van der Waals surface area contributed by atoms with Crippen LogP contribution in [0.5, 0.6) is 11.5 Å². The summed E-state index contributed by atoms with van der Waals surface area (Å²) < 4.78 is 13.2. The van der Waals surface area contributed by atoms with Gasteiger partial charge < -0.3 is 14.9 Å². The van der Waals surface area contributed by atoms with E-state index in [1.165, 1.54) is 0 Å². The fraction of sp³-hybridized carbons (Fsp3) is 0.435. The highest BCUT2D eigenvalue weighted by Crippen LogP contribution is 2.44. The van der Waals surface area contributed by atoms with E-state index in [-0.39, 0.29) is 0 Å². The van der Waals surface area contributed by atoms with E-state index in [0.29, 0.717) is 22.4 Å². The van der Waals surface area contributed by atoms with E-state index >= 15 is 0 Å². The minimum absolute atomic E-state index is 0.496. The fourth-order valence-electron chi connectivity index (χ4n) is 4.79. The summed E-state index contributed by atoms with van der Waals surface area (Å²) in [5, 5.41) is 2.96. The molecule has 3 aromatic rings. The van der Waals surface area contributed by atoms with Gasteiger partial charge in [0.25, 0.3) is 8.32 Å². The molecule has 0 radical (unpaired) electrons. The van der Waals surface area contributed by atoms with Gasteiger partial charge in [-0.25, -0.2) is 4.98 Å². The molecule has 3 rings (SSSR count). The van der Waals surface area contributed by atoms with Crippen LogP contribution in [0.4, 0.5) is 5.82 Å². The standard InChI is InChI=1S/C23H31BrN2O2Si/c1-13(2)29(14(3)4,15(5)6)28-17-11-19-18-9-8-16(27-7)10-20(18)23(25)26-22(19)21(24)12-17/h8-15H,1-7H3,(H2,25,26). The van der Waals surface area contributed by atoms with Crippen molar-refractivity contribution in [1.82, 2.24) is 4.98 Å². The average Bonchev–Trinajstić information content (AvgIpc) is 2.66. The van der Waals surface area contributed by atoms with Gasteiger partial charge in [-0.1, -0.05) is 41.5 Å². The van der Waals surface area contributed by atoms with Gasteiger partial charge in [-0.15, -0.1) is 0 Å². The Morgan fingerprint density at radius 2 is 1.45 bits per heavy atom. The zero-order valence-corrected chi connectivity index (χ0v) is 20.9. The lowest BCUT2D eigenvalue weighted by Crippen LogP contribution is -2.50. The summed E-state index contributed by atoms with van der Waals surface area (Å²) >= 11 is 3.71. The maximum Gasteiger partial charge on any atom is 0.258 e. The van der Waals surface area contributed by atoms with Gasteiger partial charge in [0.15, 0.2) is 0 Å². The van der Waals surface area contributed by atoms with Crippen molar-refractivity contribution in [2.75, 3.05) is 12.8 Å². The number of hydrogen-bond donors (Lipinski definition) is 1. The molecule has 0 saturated carbocycles. The van der Waals surface area contributed by atoms with Crippen LogP contribution in [0.2, 0.25) is 16.6 Å². The number of aromatic nitrogens is 1. The number of rotatable bonds is 6. The first-order valence-corrected chi connectivity index (χ1v) is 13.1. The van der Waals surface area contributed by atoms with Crippen molar-refractivity contribution in [3.63, 3.8) is 0 Å². The van der Waals surface area contributed by atoms with E-state index < -0.39 is 8.32 Å². The molecule has 0 bridgehead atoms. The van der Waals surface area contributed by atoms with Crippen molar-refractivity contribution in [1.29, 1.82) is 0 Å². The van der Waals surface area contributed by atoms with Crippen molar-refractivity contribution in [2.24, 2.45) is 0 Å². The van der Waals surface area contributed by atoms with Crippen molar-refractivity contribution in [2.45, 2.75) is 58.2 Å². The molecular formula is C23H31BrN2O2Si. The molecular weight excluding hydrogens is 444 g/mol. The van der Waals surface area contributed by atoms with Gasteiger partial charge in [0.2, 0.25) is 0 Å². The van der Waals surface area contributed by atoms with E-state index in [4.69, 9.17) is 14.9 Å².